The molecule has 0 radical (unpaired) electrons. The topological polar surface area (TPSA) is 117 Å². The van der Waals surface area contributed by atoms with Crippen LogP contribution in [0.2, 0.25) is 0 Å². The number of para-hydroxylation sites is 1. The molecule has 4 aromatic rings. The second-order valence-electron chi connectivity index (χ2n) is 9.09. The van der Waals surface area contributed by atoms with Crippen LogP contribution in [0, 0.1) is 0 Å². The van der Waals surface area contributed by atoms with Gasteiger partial charge in [-0.1, -0.05) is 60.7 Å². The molecule has 8 nitrogen and oxygen atoms in total. The van der Waals surface area contributed by atoms with E-state index in [1.807, 2.05) is 30.3 Å². The highest BCUT2D eigenvalue weighted by Crippen LogP contribution is 2.30. The summed E-state index contributed by atoms with van der Waals surface area (Å²) in [4.78, 5) is 36.1. The number of hydrogen-bond acceptors (Lipinski definition) is 4. The Morgan fingerprint density at radius 2 is 1.54 bits per heavy atom. The fourth-order valence-corrected chi connectivity index (χ4v) is 4.21. The minimum absolute atomic E-state index is 0.0506. The Bertz CT molecular complexity index is 1540. The molecule has 0 bridgehead atoms. The monoisotopic (exact) mass is 565 g/mol. The molecule has 0 heterocycles. The van der Waals surface area contributed by atoms with Crippen LogP contribution in [0.3, 0.4) is 0 Å². The molecule has 0 aliphatic rings. The molecule has 3 amide bonds. The van der Waals surface area contributed by atoms with E-state index in [0.717, 1.165) is 10.8 Å². The van der Waals surface area contributed by atoms with Crippen LogP contribution >= 0.6 is 0 Å². The largest absolute Gasteiger partial charge is 0.573 e. The van der Waals surface area contributed by atoms with Gasteiger partial charge in [0, 0.05) is 24.2 Å². The number of fused-ring (bicyclic) bond motifs is 1. The third-order valence-corrected chi connectivity index (χ3v) is 6.13. The van der Waals surface area contributed by atoms with Gasteiger partial charge in [0.05, 0.1) is 12.5 Å². The number of benzene rings is 4. The van der Waals surface area contributed by atoms with Gasteiger partial charge in [-0.25, -0.2) is 4.79 Å². The maximum atomic E-state index is 13.0. The standard InChI is InChI=1S/C30H26F3N3O5/c31-30(32,33)41-26-8-4-3-7-23(26)18-25(20-9-11-21(12-10-20)28(39)34-16-15-27(37)38)36-29(40)35-24-14-13-19-5-1-2-6-22(19)17-24/h1-14,17,25H,15-16,18H2,(H,34,39)(H,37,38)(H2,35,36,40). The number of carbonyl (C=O) groups is 3. The van der Waals surface area contributed by atoms with Crippen molar-refractivity contribution < 1.29 is 37.4 Å². The number of ether oxygens (including phenoxy) is 1. The van der Waals surface area contributed by atoms with Crippen molar-refractivity contribution in [3.8, 4) is 5.75 Å². The maximum absolute atomic E-state index is 13.0. The second kappa shape index (κ2) is 12.9. The smallest absolute Gasteiger partial charge is 0.481 e. The molecule has 0 fully saturated rings. The van der Waals surface area contributed by atoms with Gasteiger partial charge in [-0.3, -0.25) is 9.59 Å². The number of carboxylic acids is 1. The molecule has 0 aromatic heterocycles. The third-order valence-electron chi connectivity index (χ3n) is 6.13. The fraction of sp³-hybridized carbons (Fsp3) is 0.167. The van der Waals surface area contributed by atoms with Crippen LogP contribution in [-0.4, -0.2) is 35.9 Å². The van der Waals surface area contributed by atoms with E-state index in [0.29, 0.717) is 11.3 Å². The number of aliphatic carboxylic acids is 1. The second-order valence-corrected chi connectivity index (χ2v) is 9.09. The molecule has 4 N–H and O–H groups in total. The summed E-state index contributed by atoms with van der Waals surface area (Å²) < 4.78 is 43.3. The Morgan fingerprint density at radius 3 is 2.24 bits per heavy atom. The van der Waals surface area contributed by atoms with Gasteiger partial charge in [-0.15, -0.1) is 13.2 Å². The van der Waals surface area contributed by atoms with Gasteiger partial charge in [0.1, 0.15) is 5.75 Å². The summed E-state index contributed by atoms with van der Waals surface area (Å²) in [5, 5.41) is 18.7. The van der Waals surface area contributed by atoms with Gasteiger partial charge in [0.15, 0.2) is 0 Å². The lowest BCUT2D eigenvalue weighted by Gasteiger charge is -2.22. The number of carboxylic acid groups (broad SMARTS) is 1. The molecule has 0 saturated carbocycles. The maximum Gasteiger partial charge on any atom is 0.573 e. The molecule has 0 spiro atoms. The van der Waals surface area contributed by atoms with Gasteiger partial charge in [0.2, 0.25) is 0 Å². The summed E-state index contributed by atoms with van der Waals surface area (Å²) in [6.07, 6.45) is -5.19. The van der Waals surface area contributed by atoms with Crippen LogP contribution in [-0.2, 0) is 11.2 Å². The van der Waals surface area contributed by atoms with E-state index in [9.17, 15) is 27.6 Å². The van der Waals surface area contributed by atoms with E-state index in [1.54, 1.807) is 30.3 Å². The van der Waals surface area contributed by atoms with E-state index in [1.165, 1.54) is 30.3 Å². The minimum Gasteiger partial charge on any atom is -0.481 e. The molecule has 11 heteroatoms. The Kier molecular flexibility index (Phi) is 9.08. The quantitative estimate of drug-likeness (QED) is 0.187. The number of carbonyl (C=O) groups excluding carboxylic acids is 2. The molecule has 0 aliphatic carbocycles. The highest BCUT2D eigenvalue weighted by Gasteiger charge is 2.32. The van der Waals surface area contributed by atoms with Gasteiger partial charge in [-0.05, 0) is 52.2 Å². The van der Waals surface area contributed by atoms with E-state index >= 15 is 0 Å². The fourth-order valence-electron chi connectivity index (χ4n) is 4.21. The number of anilines is 1. The predicted molar refractivity (Wildman–Crippen MR) is 147 cm³/mol. The first-order valence-electron chi connectivity index (χ1n) is 12.6. The van der Waals surface area contributed by atoms with Crippen molar-refractivity contribution in [2.75, 3.05) is 11.9 Å². The summed E-state index contributed by atoms with van der Waals surface area (Å²) >= 11 is 0. The van der Waals surface area contributed by atoms with Crippen molar-refractivity contribution in [2.24, 2.45) is 0 Å². The Labute approximate surface area is 233 Å². The summed E-state index contributed by atoms with van der Waals surface area (Å²) in [5.74, 6) is -1.93. The van der Waals surface area contributed by atoms with Crippen LogP contribution < -0.4 is 20.7 Å². The van der Waals surface area contributed by atoms with Crippen molar-refractivity contribution in [3.63, 3.8) is 0 Å². The summed E-state index contributed by atoms with van der Waals surface area (Å²) in [7, 11) is 0. The molecular weight excluding hydrogens is 539 g/mol. The molecule has 4 rings (SSSR count). The van der Waals surface area contributed by atoms with Gasteiger partial charge >= 0.3 is 18.4 Å². The van der Waals surface area contributed by atoms with E-state index in [4.69, 9.17) is 5.11 Å². The van der Waals surface area contributed by atoms with E-state index in [-0.39, 0.29) is 30.5 Å². The van der Waals surface area contributed by atoms with Crippen LogP contribution in [0.4, 0.5) is 23.7 Å². The zero-order valence-corrected chi connectivity index (χ0v) is 21.6. The number of alkyl halides is 3. The lowest BCUT2D eigenvalue weighted by molar-refractivity contribution is -0.274. The minimum atomic E-state index is -4.90. The lowest BCUT2D eigenvalue weighted by Crippen LogP contribution is -2.34. The number of halogens is 3. The highest BCUT2D eigenvalue weighted by atomic mass is 19.4. The van der Waals surface area contributed by atoms with Crippen molar-refractivity contribution in [3.05, 3.63) is 108 Å². The highest BCUT2D eigenvalue weighted by molar-refractivity contribution is 5.95. The molecule has 1 atom stereocenters. The molecule has 0 aliphatic heterocycles. The zero-order valence-electron chi connectivity index (χ0n) is 21.6. The Hall–Kier alpha value is -5.06. The Morgan fingerprint density at radius 1 is 0.854 bits per heavy atom. The number of hydrogen-bond donors (Lipinski definition) is 4. The molecule has 0 saturated heterocycles. The number of nitrogens with one attached hydrogen (secondary N) is 3. The zero-order chi connectivity index (χ0) is 29.4. The average molecular weight is 566 g/mol. The van der Waals surface area contributed by atoms with Crippen molar-refractivity contribution in [1.82, 2.24) is 10.6 Å². The van der Waals surface area contributed by atoms with Crippen molar-refractivity contribution >= 4 is 34.4 Å². The van der Waals surface area contributed by atoms with Crippen molar-refractivity contribution in [2.45, 2.75) is 25.2 Å². The van der Waals surface area contributed by atoms with E-state index in [2.05, 4.69) is 20.7 Å². The summed E-state index contributed by atoms with van der Waals surface area (Å²) in [5.41, 5.74) is 1.49. The Balaban J connectivity index is 1.56. The first-order chi connectivity index (χ1) is 19.6. The first-order valence-corrected chi connectivity index (χ1v) is 12.6. The molecule has 4 aromatic carbocycles. The lowest BCUT2D eigenvalue weighted by atomic mass is 9.97. The normalized spacial score (nSPS) is 11.9. The van der Waals surface area contributed by atoms with Gasteiger partial charge < -0.3 is 25.8 Å². The number of amides is 3. The van der Waals surface area contributed by atoms with Gasteiger partial charge in [0.25, 0.3) is 5.91 Å². The first kappa shape index (κ1) is 28.9. The number of urea groups is 1. The predicted octanol–water partition coefficient (Wildman–Crippen LogP) is 6.05. The van der Waals surface area contributed by atoms with E-state index < -0.39 is 36.1 Å². The molecular formula is C30H26F3N3O5. The summed E-state index contributed by atoms with van der Waals surface area (Å²) in [6.45, 7) is -0.0506. The van der Waals surface area contributed by atoms with Crippen LogP contribution in [0.5, 0.6) is 5.75 Å². The molecule has 41 heavy (non-hydrogen) atoms. The van der Waals surface area contributed by atoms with Gasteiger partial charge in [-0.2, -0.15) is 0 Å². The third kappa shape index (κ3) is 8.46. The SMILES string of the molecule is O=C(O)CCNC(=O)c1ccc(C(Cc2ccccc2OC(F)(F)F)NC(=O)Nc2ccc3ccccc3c2)cc1. The van der Waals surface area contributed by atoms with Crippen LogP contribution in [0.1, 0.15) is 33.9 Å². The average Bonchev–Trinajstić information content (AvgIpc) is 2.92. The number of rotatable bonds is 10. The van der Waals surface area contributed by atoms with Crippen molar-refractivity contribution in [1.29, 1.82) is 0 Å². The molecule has 212 valence electrons. The molecule has 1 unspecified atom stereocenters. The summed E-state index contributed by atoms with van der Waals surface area (Å²) in [6, 6.07) is 23.4. The van der Waals surface area contributed by atoms with Crippen LogP contribution in [0.25, 0.3) is 10.8 Å². The van der Waals surface area contributed by atoms with Crippen LogP contribution in [0.15, 0.2) is 91.0 Å².